The van der Waals surface area contributed by atoms with Crippen LogP contribution in [0.4, 0.5) is 8.78 Å². The summed E-state index contributed by atoms with van der Waals surface area (Å²) in [6.07, 6.45) is -2.05. The van der Waals surface area contributed by atoms with Gasteiger partial charge in [-0.1, -0.05) is 0 Å². The van der Waals surface area contributed by atoms with Crippen LogP contribution < -0.4 is 11.3 Å². The highest BCUT2D eigenvalue weighted by molar-refractivity contribution is 5.89. The normalized spacial score (nSPS) is 10.7. The van der Waals surface area contributed by atoms with Gasteiger partial charge in [0.05, 0.1) is 0 Å². The maximum atomic E-state index is 12.5. The number of hydrogen-bond acceptors (Lipinski definition) is 3. The van der Waals surface area contributed by atoms with Gasteiger partial charge in [0.1, 0.15) is 5.56 Å². The van der Waals surface area contributed by atoms with E-state index < -0.39 is 29.1 Å². The standard InChI is InChI=1S/C8H8F2N2O3/c9-6(10)4-3(1-11)2-12-7(13)5(4)8(14)15/h2,6H,1,11H2,(H,12,13)(H,14,15). The molecule has 0 aliphatic heterocycles. The summed E-state index contributed by atoms with van der Waals surface area (Å²) in [7, 11) is 0. The monoisotopic (exact) mass is 218 g/mol. The molecule has 1 aromatic rings. The Kier molecular flexibility index (Phi) is 3.15. The summed E-state index contributed by atoms with van der Waals surface area (Å²) in [6, 6.07) is 0. The fraction of sp³-hybridized carbons (Fsp3) is 0.250. The summed E-state index contributed by atoms with van der Waals surface area (Å²) in [5.74, 6) is -1.69. The number of H-pyrrole nitrogens is 1. The molecule has 4 N–H and O–H groups in total. The lowest BCUT2D eigenvalue weighted by molar-refractivity contribution is 0.0681. The smallest absolute Gasteiger partial charge is 0.341 e. The number of hydrogen-bond donors (Lipinski definition) is 3. The van der Waals surface area contributed by atoms with Gasteiger partial charge < -0.3 is 15.8 Å². The van der Waals surface area contributed by atoms with Gasteiger partial charge in [-0.05, 0) is 5.56 Å². The van der Waals surface area contributed by atoms with Crippen LogP contribution in [0.25, 0.3) is 0 Å². The van der Waals surface area contributed by atoms with Crippen LogP contribution in [0.3, 0.4) is 0 Å². The van der Waals surface area contributed by atoms with Crippen LogP contribution in [0, 0.1) is 0 Å². The summed E-state index contributed by atoms with van der Waals surface area (Å²) in [5.41, 5.74) is 2.26. The summed E-state index contributed by atoms with van der Waals surface area (Å²) in [6.45, 7) is -0.267. The third-order valence-corrected chi connectivity index (χ3v) is 1.87. The molecular weight excluding hydrogens is 210 g/mol. The Morgan fingerprint density at radius 3 is 2.60 bits per heavy atom. The molecular formula is C8H8F2N2O3. The van der Waals surface area contributed by atoms with E-state index >= 15 is 0 Å². The van der Waals surface area contributed by atoms with Crippen molar-refractivity contribution < 1.29 is 18.7 Å². The Balaban J connectivity index is 3.58. The zero-order chi connectivity index (χ0) is 11.6. The number of alkyl halides is 2. The molecule has 0 fully saturated rings. The lowest BCUT2D eigenvalue weighted by atomic mass is 10.0. The second-order valence-corrected chi connectivity index (χ2v) is 2.74. The number of pyridine rings is 1. The molecule has 0 radical (unpaired) electrons. The maximum Gasteiger partial charge on any atom is 0.341 e. The summed E-state index contributed by atoms with van der Waals surface area (Å²) in [4.78, 5) is 23.7. The van der Waals surface area contributed by atoms with Gasteiger partial charge in [-0.25, -0.2) is 13.6 Å². The first-order valence-corrected chi connectivity index (χ1v) is 3.95. The van der Waals surface area contributed by atoms with Crippen LogP contribution >= 0.6 is 0 Å². The van der Waals surface area contributed by atoms with Gasteiger partial charge in [0.15, 0.2) is 0 Å². The number of aromatic nitrogens is 1. The van der Waals surface area contributed by atoms with Crippen LogP contribution in [-0.2, 0) is 6.54 Å². The topological polar surface area (TPSA) is 96.2 Å². The minimum absolute atomic E-state index is 0.0815. The number of aromatic amines is 1. The highest BCUT2D eigenvalue weighted by Gasteiger charge is 2.24. The fourth-order valence-corrected chi connectivity index (χ4v) is 1.22. The second kappa shape index (κ2) is 4.18. The van der Waals surface area contributed by atoms with Crippen LogP contribution in [0.5, 0.6) is 0 Å². The zero-order valence-corrected chi connectivity index (χ0v) is 7.46. The van der Waals surface area contributed by atoms with E-state index in [0.29, 0.717) is 0 Å². The molecule has 0 spiro atoms. The van der Waals surface area contributed by atoms with Gasteiger partial charge in [0, 0.05) is 18.3 Å². The Morgan fingerprint density at radius 1 is 1.60 bits per heavy atom. The SMILES string of the molecule is NCc1c[nH]c(=O)c(C(=O)O)c1C(F)F. The molecule has 0 bridgehead atoms. The molecule has 15 heavy (non-hydrogen) atoms. The van der Waals surface area contributed by atoms with Crippen LogP contribution in [-0.4, -0.2) is 16.1 Å². The Morgan fingerprint density at radius 2 is 2.20 bits per heavy atom. The quantitative estimate of drug-likeness (QED) is 0.687. The first-order chi connectivity index (χ1) is 6.99. The molecule has 7 heteroatoms. The third kappa shape index (κ3) is 2.01. The summed E-state index contributed by atoms with van der Waals surface area (Å²) >= 11 is 0. The number of nitrogens with one attached hydrogen (secondary N) is 1. The Bertz CT molecular complexity index is 442. The molecule has 0 saturated heterocycles. The van der Waals surface area contributed by atoms with E-state index in [4.69, 9.17) is 10.8 Å². The summed E-state index contributed by atoms with van der Waals surface area (Å²) < 4.78 is 25.1. The lowest BCUT2D eigenvalue weighted by Gasteiger charge is -2.08. The number of aromatic carboxylic acids is 1. The molecule has 1 rings (SSSR count). The largest absolute Gasteiger partial charge is 0.477 e. The van der Waals surface area contributed by atoms with Crippen molar-refractivity contribution in [2.24, 2.45) is 5.73 Å². The molecule has 0 aliphatic rings. The van der Waals surface area contributed by atoms with Crippen molar-refractivity contribution >= 4 is 5.97 Å². The van der Waals surface area contributed by atoms with Gasteiger partial charge in [0.25, 0.3) is 12.0 Å². The first-order valence-electron chi connectivity index (χ1n) is 3.95. The minimum Gasteiger partial charge on any atom is -0.477 e. The number of carboxylic acids is 1. The highest BCUT2D eigenvalue weighted by atomic mass is 19.3. The second-order valence-electron chi connectivity index (χ2n) is 2.74. The van der Waals surface area contributed by atoms with E-state index in [1.165, 1.54) is 0 Å². The van der Waals surface area contributed by atoms with Gasteiger partial charge >= 0.3 is 5.97 Å². The Hall–Kier alpha value is -1.76. The predicted molar refractivity (Wildman–Crippen MR) is 46.9 cm³/mol. The van der Waals surface area contributed by atoms with Crippen molar-refractivity contribution in [3.05, 3.63) is 33.2 Å². The van der Waals surface area contributed by atoms with Crippen molar-refractivity contribution in [3.8, 4) is 0 Å². The van der Waals surface area contributed by atoms with Crippen molar-refractivity contribution in [1.29, 1.82) is 0 Å². The molecule has 0 aromatic carbocycles. The number of carbonyl (C=O) groups is 1. The number of halogens is 2. The van der Waals surface area contributed by atoms with E-state index in [9.17, 15) is 18.4 Å². The average molecular weight is 218 g/mol. The number of rotatable bonds is 3. The van der Waals surface area contributed by atoms with E-state index in [-0.39, 0.29) is 12.1 Å². The van der Waals surface area contributed by atoms with E-state index in [2.05, 4.69) is 0 Å². The maximum absolute atomic E-state index is 12.5. The van der Waals surface area contributed by atoms with Crippen LogP contribution in [0.1, 0.15) is 27.9 Å². The predicted octanol–water partition coefficient (Wildman–Crippen LogP) is 0.469. The van der Waals surface area contributed by atoms with Crippen molar-refractivity contribution in [3.63, 3.8) is 0 Å². The fourth-order valence-electron chi connectivity index (χ4n) is 1.22. The van der Waals surface area contributed by atoms with Crippen molar-refractivity contribution in [2.45, 2.75) is 13.0 Å². The van der Waals surface area contributed by atoms with E-state index in [1.807, 2.05) is 4.98 Å². The first kappa shape index (κ1) is 11.3. The molecule has 0 amide bonds. The van der Waals surface area contributed by atoms with E-state index in [0.717, 1.165) is 6.20 Å². The lowest BCUT2D eigenvalue weighted by Crippen LogP contribution is -2.23. The molecule has 0 atom stereocenters. The molecule has 1 heterocycles. The molecule has 1 aromatic heterocycles. The molecule has 0 unspecified atom stereocenters. The van der Waals surface area contributed by atoms with Crippen LogP contribution in [0.2, 0.25) is 0 Å². The van der Waals surface area contributed by atoms with Crippen molar-refractivity contribution in [2.75, 3.05) is 0 Å². The van der Waals surface area contributed by atoms with E-state index in [1.54, 1.807) is 0 Å². The third-order valence-electron chi connectivity index (χ3n) is 1.87. The summed E-state index contributed by atoms with van der Waals surface area (Å²) in [5, 5.41) is 8.62. The van der Waals surface area contributed by atoms with Gasteiger partial charge in [-0.15, -0.1) is 0 Å². The van der Waals surface area contributed by atoms with Crippen LogP contribution in [0.15, 0.2) is 11.0 Å². The molecule has 0 saturated carbocycles. The molecule has 82 valence electrons. The molecule has 0 aliphatic carbocycles. The molecule has 5 nitrogen and oxygen atoms in total. The van der Waals surface area contributed by atoms with Gasteiger partial charge in [-0.3, -0.25) is 4.79 Å². The Labute approximate surface area is 82.5 Å². The van der Waals surface area contributed by atoms with Gasteiger partial charge in [-0.2, -0.15) is 0 Å². The average Bonchev–Trinajstić information content (AvgIpc) is 2.16. The van der Waals surface area contributed by atoms with Crippen molar-refractivity contribution in [1.82, 2.24) is 4.98 Å². The number of carboxylic acid groups (broad SMARTS) is 1. The van der Waals surface area contributed by atoms with Gasteiger partial charge in [0.2, 0.25) is 0 Å². The zero-order valence-electron chi connectivity index (χ0n) is 7.46. The minimum atomic E-state index is -3.04. The number of nitrogens with two attached hydrogens (primary N) is 1. The highest BCUT2D eigenvalue weighted by Crippen LogP contribution is 2.24.